The molecule has 0 saturated carbocycles. The van der Waals surface area contributed by atoms with Crippen LogP contribution < -0.4 is 10.1 Å². The first-order valence-corrected chi connectivity index (χ1v) is 5.20. The van der Waals surface area contributed by atoms with Gasteiger partial charge in [0, 0.05) is 13.0 Å². The van der Waals surface area contributed by atoms with Crippen LogP contribution in [-0.4, -0.2) is 19.6 Å². The van der Waals surface area contributed by atoms with E-state index in [1.54, 1.807) is 7.11 Å². The van der Waals surface area contributed by atoms with Gasteiger partial charge in [-0.2, -0.15) is 0 Å². The molecule has 1 amide bonds. The summed E-state index contributed by atoms with van der Waals surface area (Å²) in [7, 11) is 1.66. The van der Waals surface area contributed by atoms with Crippen LogP contribution in [0.1, 0.15) is 24.3 Å². The van der Waals surface area contributed by atoms with E-state index in [1.165, 1.54) is 5.56 Å². The largest absolute Gasteiger partial charge is 0.497 e. The Hall–Kier alpha value is -1.51. The number of carbonyl (C=O) groups is 1. The molecule has 3 heteroatoms. The second kappa shape index (κ2) is 4.34. The molecule has 0 spiro atoms. The summed E-state index contributed by atoms with van der Waals surface area (Å²) in [5, 5.41) is 2.84. The molecule has 1 aliphatic heterocycles. The molecule has 0 aromatic heterocycles. The Kier molecular flexibility index (Phi) is 2.90. The molecule has 3 nitrogen and oxygen atoms in total. The van der Waals surface area contributed by atoms with Gasteiger partial charge >= 0.3 is 0 Å². The Morgan fingerprint density at radius 1 is 1.47 bits per heavy atom. The lowest BCUT2D eigenvalue weighted by atomic mass is 9.90. The van der Waals surface area contributed by atoms with E-state index in [4.69, 9.17) is 4.74 Å². The van der Waals surface area contributed by atoms with Crippen molar-refractivity contribution in [2.24, 2.45) is 0 Å². The van der Waals surface area contributed by atoms with E-state index < -0.39 is 0 Å². The van der Waals surface area contributed by atoms with Gasteiger partial charge < -0.3 is 10.1 Å². The van der Waals surface area contributed by atoms with Crippen molar-refractivity contribution < 1.29 is 9.53 Å². The van der Waals surface area contributed by atoms with Gasteiger partial charge in [0.15, 0.2) is 0 Å². The lowest BCUT2D eigenvalue weighted by Crippen LogP contribution is -2.32. The summed E-state index contributed by atoms with van der Waals surface area (Å²) in [5.41, 5.74) is 1.20. The number of methoxy groups -OCH3 is 1. The number of hydrogen-bond acceptors (Lipinski definition) is 2. The van der Waals surface area contributed by atoms with Crippen molar-refractivity contribution in [3.8, 4) is 5.75 Å². The van der Waals surface area contributed by atoms with Crippen LogP contribution in [0.15, 0.2) is 24.3 Å². The molecule has 1 aliphatic rings. The van der Waals surface area contributed by atoms with E-state index in [1.807, 2.05) is 18.2 Å². The molecule has 2 rings (SSSR count). The van der Waals surface area contributed by atoms with Crippen LogP contribution in [-0.2, 0) is 4.79 Å². The van der Waals surface area contributed by atoms with Gasteiger partial charge in [-0.15, -0.1) is 0 Å². The molecule has 1 heterocycles. The Morgan fingerprint density at radius 2 is 2.33 bits per heavy atom. The zero-order valence-corrected chi connectivity index (χ0v) is 8.82. The normalized spacial score (nSPS) is 20.9. The van der Waals surface area contributed by atoms with Gasteiger partial charge in [0.25, 0.3) is 0 Å². The monoisotopic (exact) mass is 205 g/mol. The SMILES string of the molecule is COc1cccc(C2CCNC(=O)C2)c1. The lowest BCUT2D eigenvalue weighted by molar-refractivity contribution is -0.122. The summed E-state index contributed by atoms with van der Waals surface area (Å²) in [6.45, 7) is 0.778. The van der Waals surface area contributed by atoms with E-state index >= 15 is 0 Å². The molecule has 0 aliphatic carbocycles. The van der Waals surface area contributed by atoms with Gasteiger partial charge in [-0.3, -0.25) is 4.79 Å². The molecular weight excluding hydrogens is 190 g/mol. The Labute approximate surface area is 89.4 Å². The first-order valence-electron chi connectivity index (χ1n) is 5.20. The van der Waals surface area contributed by atoms with E-state index in [0.717, 1.165) is 18.7 Å². The van der Waals surface area contributed by atoms with E-state index in [0.29, 0.717) is 12.3 Å². The third kappa shape index (κ3) is 2.29. The van der Waals surface area contributed by atoms with Crippen molar-refractivity contribution in [2.75, 3.05) is 13.7 Å². The smallest absolute Gasteiger partial charge is 0.220 e. The van der Waals surface area contributed by atoms with Gasteiger partial charge in [-0.25, -0.2) is 0 Å². The van der Waals surface area contributed by atoms with Gasteiger partial charge in [-0.05, 0) is 30.0 Å². The summed E-state index contributed by atoms with van der Waals surface area (Å²) in [4.78, 5) is 11.3. The Bertz CT molecular complexity index is 362. The van der Waals surface area contributed by atoms with Gasteiger partial charge in [0.2, 0.25) is 5.91 Å². The quantitative estimate of drug-likeness (QED) is 0.797. The molecular formula is C12H15NO2. The number of rotatable bonds is 2. The van der Waals surface area contributed by atoms with Crippen molar-refractivity contribution >= 4 is 5.91 Å². The van der Waals surface area contributed by atoms with Crippen LogP contribution in [0.25, 0.3) is 0 Å². The molecule has 1 aromatic rings. The van der Waals surface area contributed by atoms with Gasteiger partial charge in [0.05, 0.1) is 7.11 Å². The molecule has 1 unspecified atom stereocenters. The maximum absolute atomic E-state index is 11.3. The molecule has 0 bridgehead atoms. The Morgan fingerprint density at radius 3 is 3.07 bits per heavy atom. The maximum atomic E-state index is 11.3. The van der Waals surface area contributed by atoms with Crippen LogP contribution in [0.2, 0.25) is 0 Å². The number of ether oxygens (including phenoxy) is 1. The fourth-order valence-corrected chi connectivity index (χ4v) is 1.96. The lowest BCUT2D eigenvalue weighted by Gasteiger charge is -2.22. The minimum Gasteiger partial charge on any atom is -0.497 e. The van der Waals surface area contributed by atoms with Crippen molar-refractivity contribution in [1.82, 2.24) is 5.32 Å². The third-order valence-electron chi connectivity index (χ3n) is 2.81. The van der Waals surface area contributed by atoms with Gasteiger partial charge in [-0.1, -0.05) is 12.1 Å². The topological polar surface area (TPSA) is 38.3 Å². The van der Waals surface area contributed by atoms with Crippen LogP contribution in [0, 0.1) is 0 Å². The van der Waals surface area contributed by atoms with Crippen molar-refractivity contribution in [3.63, 3.8) is 0 Å². The average Bonchev–Trinajstić information content (AvgIpc) is 2.29. The molecule has 1 N–H and O–H groups in total. The Balaban J connectivity index is 2.17. The minimum atomic E-state index is 0.147. The van der Waals surface area contributed by atoms with Crippen molar-refractivity contribution in [1.29, 1.82) is 0 Å². The van der Waals surface area contributed by atoms with E-state index in [9.17, 15) is 4.79 Å². The van der Waals surface area contributed by atoms with Gasteiger partial charge in [0.1, 0.15) is 5.75 Å². The molecule has 15 heavy (non-hydrogen) atoms. The van der Waals surface area contributed by atoms with Crippen LogP contribution in [0.4, 0.5) is 0 Å². The molecule has 1 aromatic carbocycles. The number of benzene rings is 1. The minimum absolute atomic E-state index is 0.147. The van der Waals surface area contributed by atoms with Crippen molar-refractivity contribution in [2.45, 2.75) is 18.8 Å². The number of nitrogens with one attached hydrogen (secondary N) is 1. The average molecular weight is 205 g/mol. The standard InChI is InChI=1S/C12H15NO2/c1-15-11-4-2-3-9(7-11)10-5-6-13-12(14)8-10/h2-4,7,10H,5-6,8H2,1H3,(H,13,14). The van der Waals surface area contributed by atoms with Crippen LogP contribution in [0.3, 0.4) is 0 Å². The van der Waals surface area contributed by atoms with Crippen molar-refractivity contribution in [3.05, 3.63) is 29.8 Å². The molecule has 80 valence electrons. The molecule has 1 atom stereocenters. The predicted molar refractivity (Wildman–Crippen MR) is 58.0 cm³/mol. The highest BCUT2D eigenvalue weighted by Gasteiger charge is 2.20. The summed E-state index contributed by atoms with van der Waals surface area (Å²) in [5.74, 6) is 1.35. The summed E-state index contributed by atoms with van der Waals surface area (Å²) in [6.07, 6.45) is 1.60. The third-order valence-corrected chi connectivity index (χ3v) is 2.81. The zero-order valence-electron chi connectivity index (χ0n) is 8.82. The second-order valence-corrected chi connectivity index (χ2v) is 3.82. The fourth-order valence-electron chi connectivity index (χ4n) is 1.96. The van der Waals surface area contributed by atoms with Crippen LogP contribution >= 0.6 is 0 Å². The second-order valence-electron chi connectivity index (χ2n) is 3.82. The van der Waals surface area contributed by atoms with E-state index in [2.05, 4.69) is 11.4 Å². The highest BCUT2D eigenvalue weighted by molar-refractivity contribution is 5.77. The molecule has 1 saturated heterocycles. The number of amides is 1. The highest BCUT2D eigenvalue weighted by atomic mass is 16.5. The molecule has 0 radical (unpaired) electrons. The molecule has 1 fully saturated rings. The first kappa shape index (κ1) is 10.0. The predicted octanol–water partition coefficient (Wildman–Crippen LogP) is 1.69. The highest BCUT2D eigenvalue weighted by Crippen LogP contribution is 2.27. The van der Waals surface area contributed by atoms with E-state index in [-0.39, 0.29) is 5.91 Å². The summed E-state index contributed by atoms with van der Waals surface area (Å²) >= 11 is 0. The number of piperidine rings is 1. The zero-order chi connectivity index (χ0) is 10.7. The maximum Gasteiger partial charge on any atom is 0.220 e. The van der Waals surface area contributed by atoms with Crippen LogP contribution in [0.5, 0.6) is 5.75 Å². The number of hydrogen-bond donors (Lipinski definition) is 1. The summed E-state index contributed by atoms with van der Waals surface area (Å²) < 4.78 is 5.17. The first-order chi connectivity index (χ1) is 7.29. The summed E-state index contributed by atoms with van der Waals surface area (Å²) in [6, 6.07) is 7.97. The number of carbonyl (C=O) groups excluding carboxylic acids is 1. The fraction of sp³-hybridized carbons (Fsp3) is 0.417.